The van der Waals surface area contributed by atoms with E-state index < -0.39 is 5.97 Å². The van der Waals surface area contributed by atoms with Crippen LogP contribution < -0.4 is 10.1 Å². The number of hydrogen-bond donors (Lipinski definition) is 2. The first-order chi connectivity index (χ1) is 13.5. The van der Waals surface area contributed by atoms with Crippen molar-refractivity contribution < 1.29 is 19.4 Å². The second kappa shape index (κ2) is 8.68. The van der Waals surface area contributed by atoms with Gasteiger partial charge in [-0.15, -0.1) is 0 Å². The monoisotopic (exact) mass is 373 g/mol. The van der Waals surface area contributed by atoms with Gasteiger partial charge < -0.3 is 15.2 Å². The lowest BCUT2D eigenvalue weighted by Crippen LogP contribution is -2.09. The third-order valence-corrected chi connectivity index (χ3v) is 4.05. The molecule has 0 atom stereocenters. The summed E-state index contributed by atoms with van der Waals surface area (Å²) in [6.45, 7) is 1.97. The van der Waals surface area contributed by atoms with Gasteiger partial charge in [-0.3, -0.25) is 4.79 Å². The van der Waals surface area contributed by atoms with E-state index in [-0.39, 0.29) is 17.2 Å². The molecule has 0 bridgehead atoms. The Labute approximate surface area is 162 Å². The van der Waals surface area contributed by atoms with Crippen LogP contribution in [0.3, 0.4) is 0 Å². The van der Waals surface area contributed by atoms with Crippen molar-refractivity contribution in [1.82, 2.24) is 0 Å². The number of aromatic carboxylic acids is 1. The van der Waals surface area contributed by atoms with Crippen molar-refractivity contribution in [2.24, 2.45) is 0 Å². The molecule has 3 rings (SSSR count). The summed E-state index contributed by atoms with van der Waals surface area (Å²) in [4.78, 5) is 23.7. The van der Waals surface area contributed by atoms with E-state index in [0.717, 1.165) is 11.1 Å². The van der Waals surface area contributed by atoms with E-state index in [0.29, 0.717) is 11.4 Å². The normalized spacial score (nSPS) is 10.6. The van der Waals surface area contributed by atoms with Crippen molar-refractivity contribution in [2.45, 2.75) is 6.92 Å². The first-order valence-corrected chi connectivity index (χ1v) is 8.68. The van der Waals surface area contributed by atoms with Gasteiger partial charge in [-0.25, -0.2) is 4.79 Å². The summed E-state index contributed by atoms with van der Waals surface area (Å²) in [6, 6.07) is 21.0. The maximum absolute atomic E-state index is 12.2. The van der Waals surface area contributed by atoms with Gasteiger partial charge in [-0.1, -0.05) is 42.5 Å². The Morgan fingerprint density at radius 1 is 0.964 bits per heavy atom. The van der Waals surface area contributed by atoms with Gasteiger partial charge in [0.05, 0.1) is 0 Å². The van der Waals surface area contributed by atoms with E-state index in [1.54, 1.807) is 30.3 Å². The lowest BCUT2D eigenvalue weighted by Gasteiger charge is -2.11. The van der Waals surface area contributed by atoms with Crippen molar-refractivity contribution in [3.8, 4) is 11.5 Å². The molecule has 140 valence electrons. The van der Waals surface area contributed by atoms with Gasteiger partial charge in [0, 0.05) is 17.8 Å². The molecule has 0 aliphatic rings. The number of para-hydroxylation sites is 1. The summed E-state index contributed by atoms with van der Waals surface area (Å²) < 4.78 is 5.69. The molecule has 0 aliphatic heterocycles. The van der Waals surface area contributed by atoms with Gasteiger partial charge in [-0.2, -0.15) is 0 Å². The highest BCUT2D eigenvalue weighted by Crippen LogP contribution is 2.28. The summed E-state index contributed by atoms with van der Waals surface area (Å²) in [5, 5.41) is 12.1. The molecule has 28 heavy (non-hydrogen) atoms. The SMILES string of the molecule is Cc1ccccc1C=CC(=O)Nc1ccc(C(=O)O)c(Oc2ccccc2)c1. The first-order valence-electron chi connectivity index (χ1n) is 8.68. The smallest absolute Gasteiger partial charge is 0.339 e. The fourth-order valence-electron chi connectivity index (χ4n) is 2.60. The van der Waals surface area contributed by atoms with E-state index in [1.165, 1.54) is 24.3 Å². The number of anilines is 1. The van der Waals surface area contributed by atoms with E-state index >= 15 is 0 Å². The molecule has 0 saturated heterocycles. The minimum atomic E-state index is -1.11. The lowest BCUT2D eigenvalue weighted by molar-refractivity contribution is -0.111. The highest BCUT2D eigenvalue weighted by atomic mass is 16.5. The van der Waals surface area contributed by atoms with E-state index in [9.17, 15) is 14.7 Å². The van der Waals surface area contributed by atoms with Crippen LogP contribution in [0.5, 0.6) is 11.5 Å². The van der Waals surface area contributed by atoms with Crippen LogP contribution in [0.1, 0.15) is 21.5 Å². The van der Waals surface area contributed by atoms with Crippen LogP contribution in [-0.4, -0.2) is 17.0 Å². The third-order valence-electron chi connectivity index (χ3n) is 4.05. The van der Waals surface area contributed by atoms with Gasteiger partial charge in [-0.05, 0) is 48.4 Å². The molecule has 0 fully saturated rings. The third kappa shape index (κ3) is 4.86. The molecule has 5 heteroatoms. The quantitative estimate of drug-likeness (QED) is 0.587. The maximum atomic E-state index is 12.2. The summed E-state index contributed by atoms with van der Waals surface area (Å²) in [7, 11) is 0. The minimum absolute atomic E-state index is 0.0114. The minimum Gasteiger partial charge on any atom is -0.478 e. The Morgan fingerprint density at radius 2 is 1.68 bits per heavy atom. The van der Waals surface area contributed by atoms with Gasteiger partial charge in [0.2, 0.25) is 5.91 Å². The second-order valence-electron chi connectivity index (χ2n) is 6.11. The van der Waals surface area contributed by atoms with Crippen LogP contribution in [0.15, 0.2) is 78.9 Å². The average molecular weight is 373 g/mol. The van der Waals surface area contributed by atoms with E-state index in [2.05, 4.69) is 5.32 Å². The Bertz CT molecular complexity index is 1030. The summed E-state index contributed by atoms with van der Waals surface area (Å²) >= 11 is 0. The standard InChI is InChI=1S/C23H19NO4/c1-16-7-5-6-8-17(16)11-14-22(25)24-18-12-13-20(23(26)27)21(15-18)28-19-9-3-2-4-10-19/h2-15H,1H3,(H,24,25)(H,26,27). The zero-order valence-electron chi connectivity index (χ0n) is 15.3. The van der Waals surface area contributed by atoms with Crippen molar-refractivity contribution in [1.29, 1.82) is 0 Å². The average Bonchev–Trinajstić information content (AvgIpc) is 2.68. The van der Waals surface area contributed by atoms with Gasteiger partial charge in [0.25, 0.3) is 0 Å². The molecule has 0 saturated carbocycles. The Hall–Kier alpha value is -3.86. The van der Waals surface area contributed by atoms with Crippen molar-refractivity contribution in [3.63, 3.8) is 0 Å². The van der Waals surface area contributed by atoms with Crippen LogP contribution in [-0.2, 0) is 4.79 Å². The number of aryl methyl sites for hydroxylation is 1. The molecule has 0 radical (unpaired) electrons. The predicted molar refractivity (Wildman–Crippen MR) is 109 cm³/mol. The molecule has 2 N–H and O–H groups in total. The number of ether oxygens (including phenoxy) is 1. The van der Waals surface area contributed by atoms with Crippen LogP contribution in [0.2, 0.25) is 0 Å². The first kappa shape index (κ1) is 18.9. The molecule has 1 amide bonds. The molecule has 0 aromatic heterocycles. The van der Waals surface area contributed by atoms with Crippen LogP contribution in [0.25, 0.3) is 6.08 Å². The highest BCUT2D eigenvalue weighted by Gasteiger charge is 2.13. The van der Waals surface area contributed by atoms with Crippen LogP contribution in [0, 0.1) is 6.92 Å². The predicted octanol–water partition coefficient (Wildman–Crippen LogP) is 5.14. The fraction of sp³-hybridized carbons (Fsp3) is 0.0435. The molecule has 0 unspecified atom stereocenters. The summed E-state index contributed by atoms with van der Waals surface area (Å²) in [5.41, 5.74) is 2.47. The molecule has 0 spiro atoms. The van der Waals surface area contributed by atoms with Crippen molar-refractivity contribution in [2.75, 3.05) is 5.32 Å². The Kier molecular flexibility index (Phi) is 5.87. The van der Waals surface area contributed by atoms with Gasteiger partial charge in [0.1, 0.15) is 17.1 Å². The Balaban J connectivity index is 1.78. The molecule has 3 aromatic rings. The molecule has 3 aromatic carbocycles. The summed E-state index contributed by atoms with van der Waals surface area (Å²) in [5.74, 6) is -0.771. The number of rotatable bonds is 6. The summed E-state index contributed by atoms with van der Waals surface area (Å²) in [6.07, 6.45) is 3.17. The van der Waals surface area contributed by atoms with Gasteiger partial charge >= 0.3 is 5.97 Å². The number of hydrogen-bond acceptors (Lipinski definition) is 3. The second-order valence-corrected chi connectivity index (χ2v) is 6.11. The Morgan fingerprint density at radius 3 is 2.39 bits per heavy atom. The maximum Gasteiger partial charge on any atom is 0.339 e. The topological polar surface area (TPSA) is 75.6 Å². The van der Waals surface area contributed by atoms with Crippen LogP contribution >= 0.6 is 0 Å². The van der Waals surface area contributed by atoms with Crippen molar-refractivity contribution in [3.05, 3.63) is 95.6 Å². The highest BCUT2D eigenvalue weighted by molar-refractivity contribution is 6.02. The number of nitrogens with one attached hydrogen (secondary N) is 1. The van der Waals surface area contributed by atoms with E-state index in [4.69, 9.17) is 4.74 Å². The lowest BCUT2D eigenvalue weighted by atomic mass is 10.1. The number of amides is 1. The largest absolute Gasteiger partial charge is 0.478 e. The number of carbonyl (C=O) groups excluding carboxylic acids is 1. The fourth-order valence-corrected chi connectivity index (χ4v) is 2.60. The molecular formula is C23H19NO4. The molecule has 5 nitrogen and oxygen atoms in total. The number of benzene rings is 3. The molecule has 0 aliphatic carbocycles. The number of carboxylic acid groups (broad SMARTS) is 1. The molecule has 0 heterocycles. The zero-order valence-corrected chi connectivity index (χ0v) is 15.3. The number of carbonyl (C=O) groups is 2. The molecular weight excluding hydrogens is 354 g/mol. The van der Waals surface area contributed by atoms with E-state index in [1.807, 2.05) is 37.3 Å². The van der Waals surface area contributed by atoms with Gasteiger partial charge in [0.15, 0.2) is 0 Å². The van der Waals surface area contributed by atoms with Crippen LogP contribution in [0.4, 0.5) is 5.69 Å². The zero-order chi connectivity index (χ0) is 19.9. The number of carboxylic acids is 1. The van der Waals surface area contributed by atoms with Crippen molar-refractivity contribution >= 4 is 23.6 Å².